The quantitative estimate of drug-likeness (QED) is 0.467. The van der Waals surface area contributed by atoms with Gasteiger partial charge in [-0.05, 0) is 35.9 Å². The smallest absolute Gasteiger partial charge is 0.230 e. The number of carbonyl (C=O) groups is 1. The number of hydrogen-bond acceptors (Lipinski definition) is 6. The van der Waals surface area contributed by atoms with Crippen LogP contribution in [0, 0.1) is 11.6 Å². The van der Waals surface area contributed by atoms with E-state index < -0.39 is 11.6 Å². The summed E-state index contributed by atoms with van der Waals surface area (Å²) in [5, 5.41) is 10.9. The van der Waals surface area contributed by atoms with Crippen LogP contribution in [0.3, 0.4) is 0 Å². The maximum Gasteiger partial charge on any atom is 0.230 e. The van der Waals surface area contributed by atoms with E-state index in [1.165, 1.54) is 23.1 Å². The molecule has 140 valence electrons. The highest BCUT2D eigenvalue weighted by molar-refractivity contribution is 8.00. The van der Waals surface area contributed by atoms with Crippen molar-refractivity contribution < 1.29 is 18.3 Å². The molecule has 0 aliphatic rings. The summed E-state index contributed by atoms with van der Waals surface area (Å²) < 4.78 is 32.4. The molecule has 0 spiro atoms. The Bertz CT molecular complexity index is 933. The third-order valence-corrected chi connectivity index (χ3v) is 5.56. The summed E-state index contributed by atoms with van der Waals surface area (Å²) >= 11 is 2.41. The molecule has 0 aliphatic carbocycles. The number of halogens is 2. The number of amides is 1. The summed E-state index contributed by atoms with van der Waals surface area (Å²) in [6.07, 6.45) is 0.195. The summed E-state index contributed by atoms with van der Waals surface area (Å²) in [5.41, 5.74) is 1.09. The van der Waals surface area contributed by atoms with Crippen molar-refractivity contribution in [2.45, 2.75) is 16.5 Å². The van der Waals surface area contributed by atoms with E-state index in [9.17, 15) is 13.6 Å². The van der Waals surface area contributed by atoms with Crippen LogP contribution in [-0.4, -0.2) is 23.2 Å². The van der Waals surface area contributed by atoms with Gasteiger partial charge in [0.25, 0.3) is 0 Å². The van der Waals surface area contributed by atoms with E-state index in [1.807, 2.05) is 12.1 Å². The fourth-order valence-corrected chi connectivity index (χ4v) is 3.95. The Morgan fingerprint density at radius 3 is 2.70 bits per heavy atom. The van der Waals surface area contributed by atoms with Gasteiger partial charge in [-0.2, -0.15) is 0 Å². The molecule has 0 saturated heterocycles. The number of rotatable bonds is 7. The van der Waals surface area contributed by atoms with Gasteiger partial charge >= 0.3 is 0 Å². The predicted octanol–water partition coefficient (Wildman–Crippen LogP) is 4.30. The van der Waals surface area contributed by atoms with Gasteiger partial charge in [0.2, 0.25) is 11.0 Å². The van der Waals surface area contributed by atoms with E-state index in [2.05, 4.69) is 15.5 Å². The third-order valence-electron chi connectivity index (χ3n) is 3.54. The van der Waals surface area contributed by atoms with Crippen molar-refractivity contribution in [3.8, 4) is 5.75 Å². The second-order valence-electron chi connectivity index (χ2n) is 5.47. The molecular formula is C18H15F2N3O2S2. The molecule has 0 radical (unpaired) electrons. The highest BCUT2D eigenvalue weighted by Crippen LogP contribution is 2.29. The summed E-state index contributed by atoms with van der Waals surface area (Å²) in [6.45, 7) is 0. The highest BCUT2D eigenvalue weighted by atomic mass is 32.2. The van der Waals surface area contributed by atoms with Gasteiger partial charge in [-0.1, -0.05) is 35.2 Å². The van der Waals surface area contributed by atoms with E-state index in [0.717, 1.165) is 29.5 Å². The topological polar surface area (TPSA) is 64.1 Å². The van der Waals surface area contributed by atoms with Gasteiger partial charge in [0, 0.05) is 11.3 Å². The lowest BCUT2D eigenvalue weighted by Gasteiger charge is -2.03. The average Bonchev–Trinajstić information content (AvgIpc) is 3.10. The number of nitrogens with one attached hydrogen (secondary N) is 1. The molecule has 1 N–H and O–H groups in total. The Morgan fingerprint density at radius 2 is 1.96 bits per heavy atom. The van der Waals surface area contributed by atoms with Crippen molar-refractivity contribution >= 4 is 34.1 Å². The van der Waals surface area contributed by atoms with Crippen LogP contribution in [0.25, 0.3) is 0 Å². The molecule has 27 heavy (non-hydrogen) atoms. The first-order chi connectivity index (χ1) is 13.0. The van der Waals surface area contributed by atoms with Crippen LogP contribution >= 0.6 is 23.1 Å². The maximum atomic E-state index is 13.6. The van der Waals surface area contributed by atoms with Crippen LogP contribution in [0.15, 0.2) is 46.8 Å². The van der Waals surface area contributed by atoms with Crippen molar-refractivity contribution in [1.82, 2.24) is 10.2 Å². The number of carbonyl (C=O) groups excluding carboxylic acids is 1. The molecule has 0 unspecified atom stereocenters. The number of aromatic nitrogens is 2. The fourth-order valence-electron chi connectivity index (χ4n) is 2.20. The van der Waals surface area contributed by atoms with Crippen LogP contribution < -0.4 is 10.1 Å². The zero-order chi connectivity index (χ0) is 19.2. The second kappa shape index (κ2) is 8.92. The first-order valence-electron chi connectivity index (χ1n) is 7.86. The van der Waals surface area contributed by atoms with E-state index in [0.29, 0.717) is 9.47 Å². The zero-order valence-electron chi connectivity index (χ0n) is 14.2. The third kappa shape index (κ3) is 5.48. The van der Waals surface area contributed by atoms with E-state index >= 15 is 0 Å². The van der Waals surface area contributed by atoms with Crippen LogP contribution in [-0.2, 0) is 17.0 Å². The lowest BCUT2D eigenvalue weighted by atomic mass is 10.1. The summed E-state index contributed by atoms with van der Waals surface area (Å²) in [7, 11) is 1.58. The Morgan fingerprint density at radius 1 is 1.19 bits per heavy atom. The largest absolute Gasteiger partial charge is 0.497 e. The number of anilines is 1. The van der Waals surface area contributed by atoms with Crippen molar-refractivity contribution in [2.75, 3.05) is 12.4 Å². The molecule has 1 aromatic heterocycles. The molecule has 9 heteroatoms. The number of hydrogen-bond donors (Lipinski definition) is 1. The molecule has 1 heterocycles. The highest BCUT2D eigenvalue weighted by Gasteiger charge is 2.11. The minimum Gasteiger partial charge on any atom is -0.497 e. The average molecular weight is 407 g/mol. The summed E-state index contributed by atoms with van der Waals surface area (Å²) in [4.78, 5) is 12.1. The van der Waals surface area contributed by atoms with Gasteiger partial charge < -0.3 is 10.1 Å². The molecule has 5 nitrogen and oxygen atoms in total. The molecule has 0 bridgehead atoms. The van der Waals surface area contributed by atoms with Gasteiger partial charge in [-0.25, -0.2) is 8.78 Å². The molecule has 0 atom stereocenters. The van der Waals surface area contributed by atoms with Crippen LogP contribution in [0.2, 0.25) is 0 Å². The first kappa shape index (κ1) is 19.2. The molecule has 2 aromatic carbocycles. The van der Waals surface area contributed by atoms with E-state index in [4.69, 9.17) is 4.74 Å². The Hall–Kier alpha value is -2.52. The fraction of sp³-hybridized carbons (Fsp3) is 0.167. The number of nitrogens with zero attached hydrogens (tertiary/aromatic N) is 2. The van der Waals surface area contributed by atoms with Crippen LogP contribution in [0.1, 0.15) is 11.1 Å². The standard InChI is InChI=1S/C18H15F2N3O2S2/c1-25-14-5-2-11(3-6-14)8-16(24)21-17-22-23-18(27-17)26-10-12-9-13(19)4-7-15(12)20/h2-7,9H,8,10H2,1H3,(H,21,22,24). The normalized spacial score (nSPS) is 10.6. The minimum atomic E-state index is -0.490. The SMILES string of the molecule is COc1ccc(CC(=O)Nc2nnc(SCc3cc(F)ccc3F)s2)cc1. The first-order valence-corrected chi connectivity index (χ1v) is 9.66. The minimum absolute atomic E-state index is 0.195. The van der Waals surface area contributed by atoms with E-state index in [-0.39, 0.29) is 23.6 Å². The summed E-state index contributed by atoms with van der Waals surface area (Å²) in [6, 6.07) is 10.5. The van der Waals surface area contributed by atoms with Crippen molar-refractivity contribution in [2.24, 2.45) is 0 Å². The molecule has 1 amide bonds. The predicted molar refractivity (Wildman–Crippen MR) is 101 cm³/mol. The molecule has 0 fully saturated rings. The number of methoxy groups -OCH3 is 1. The van der Waals surface area contributed by atoms with Crippen molar-refractivity contribution in [3.63, 3.8) is 0 Å². The Kier molecular flexibility index (Phi) is 6.36. The molecule has 3 rings (SSSR count). The van der Waals surface area contributed by atoms with Gasteiger partial charge in [0.1, 0.15) is 17.4 Å². The monoisotopic (exact) mass is 407 g/mol. The Balaban J connectivity index is 1.53. The van der Waals surface area contributed by atoms with E-state index in [1.54, 1.807) is 19.2 Å². The van der Waals surface area contributed by atoms with Gasteiger partial charge in [-0.3, -0.25) is 4.79 Å². The zero-order valence-corrected chi connectivity index (χ0v) is 15.9. The molecule has 3 aromatic rings. The van der Waals surface area contributed by atoms with Gasteiger partial charge in [0.15, 0.2) is 4.34 Å². The van der Waals surface area contributed by atoms with Crippen LogP contribution in [0.5, 0.6) is 5.75 Å². The van der Waals surface area contributed by atoms with Crippen LogP contribution in [0.4, 0.5) is 13.9 Å². The number of thioether (sulfide) groups is 1. The maximum absolute atomic E-state index is 13.6. The second-order valence-corrected chi connectivity index (χ2v) is 7.67. The van der Waals surface area contributed by atoms with Gasteiger partial charge in [-0.15, -0.1) is 10.2 Å². The lowest BCUT2D eigenvalue weighted by molar-refractivity contribution is -0.115. The van der Waals surface area contributed by atoms with Crippen molar-refractivity contribution in [1.29, 1.82) is 0 Å². The van der Waals surface area contributed by atoms with Gasteiger partial charge in [0.05, 0.1) is 13.5 Å². The molecule has 0 aliphatic heterocycles. The summed E-state index contributed by atoms with van der Waals surface area (Å²) in [5.74, 6) is -0.237. The number of benzene rings is 2. The molecule has 0 saturated carbocycles. The molecular weight excluding hydrogens is 392 g/mol. The number of ether oxygens (including phenoxy) is 1. The lowest BCUT2D eigenvalue weighted by Crippen LogP contribution is -2.14. The van der Waals surface area contributed by atoms with Crippen molar-refractivity contribution in [3.05, 3.63) is 65.2 Å². The Labute approximate surface area is 162 Å².